The Morgan fingerprint density at radius 1 is 1.03 bits per heavy atom. The maximum atomic E-state index is 12.3. The quantitative estimate of drug-likeness (QED) is 0.358. The Balaban J connectivity index is 1.70. The number of sulfonamides is 1. The monoisotopic (exact) mass is 519 g/mol. The Morgan fingerprint density at radius 3 is 2.23 bits per heavy atom. The lowest BCUT2D eigenvalue weighted by molar-refractivity contribution is 0.0955. The van der Waals surface area contributed by atoms with E-state index in [4.69, 9.17) is 11.6 Å². The minimum absolute atomic E-state index is 0.152. The van der Waals surface area contributed by atoms with Crippen LogP contribution in [0.15, 0.2) is 82.4 Å². The molecule has 0 radical (unpaired) electrons. The molecule has 160 valence electrons. The SMILES string of the molecule is CS(=O)(=O)N(Cc1ccc(Cl)cc1)c1ccc(C(=O)N/N=C\c2ccc(Br)cc2)cc1. The second-order valence-corrected chi connectivity index (χ2v) is 9.95. The third kappa shape index (κ3) is 6.65. The largest absolute Gasteiger partial charge is 0.271 e. The van der Waals surface area contributed by atoms with Crippen molar-refractivity contribution in [3.05, 3.63) is 99.0 Å². The van der Waals surface area contributed by atoms with Crippen LogP contribution < -0.4 is 9.73 Å². The Kier molecular flexibility index (Phi) is 7.48. The first-order valence-electron chi connectivity index (χ1n) is 9.13. The minimum atomic E-state index is -3.53. The van der Waals surface area contributed by atoms with Crippen molar-refractivity contribution < 1.29 is 13.2 Å². The molecule has 0 aliphatic heterocycles. The average Bonchev–Trinajstić information content (AvgIpc) is 2.74. The van der Waals surface area contributed by atoms with Gasteiger partial charge in [0.1, 0.15) is 0 Å². The van der Waals surface area contributed by atoms with Crippen molar-refractivity contribution in [1.29, 1.82) is 0 Å². The van der Waals surface area contributed by atoms with Gasteiger partial charge in [-0.3, -0.25) is 9.10 Å². The average molecular weight is 521 g/mol. The van der Waals surface area contributed by atoms with Crippen LogP contribution in [0.4, 0.5) is 5.69 Å². The molecule has 0 unspecified atom stereocenters. The number of halogens is 2. The summed E-state index contributed by atoms with van der Waals surface area (Å²) in [4.78, 5) is 12.3. The number of hydrazone groups is 1. The van der Waals surface area contributed by atoms with Gasteiger partial charge in [-0.2, -0.15) is 5.10 Å². The van der Waals surface area contributed by atoms with E-state index in [1.54, 1.807) is 48.5 Å². The second kappa shape index (κ2) is 10.1. The van der Waals surface area contributed by atoms with Crippen LogP contribution in [0.25, 0.3) is 0 Å². The third-order valence-electron chi connectivity index (χ3n) is 4.31. The highest BCUT2D eigenvalue weighted by Crippen LogP contribution is 2.22. The van der Waals surface area contributed by atoms with Crippen LogP contribution in [0.2, 0.25) is 5.02 Å². The predicted molar refractivity (Wildman–Crippen MR) is 128 cm³/mol. The molecule has 9 heteroatoms. The molecule has 1 N–H and O–H groups in total. The van der Waals surface area contributed by atoms with Gasteiger partial charge in [0.2, 0.25) is 10.0 Å². The van der Waals surface area contributed by atoms with E-state index < -0.39 is 15.9 Å². The third-order valence-corrected chi connectivity index (χ3v) is 6.23. The normalized spacial score (nSPS) is 11.5. The number of nitrogens with one attached hydrogen (secondary N) is 1. The Hall–Kier alpha value is -2.68. The fourth-order valence-electron chi connectivity index (χ4n) is 2.71. The second-order valence-electron chi connectivity index (χ2n) is 6.69. The molecule has 0 spiro atoms. The van der Waals surface area contributed by atoms with Crippen molar-refractivity contribution in [3.63, 3.8) is 0 Å². The minimum Gasteiger partial charge on any atom is -0.267 e. The molecule has 0 aliphatic rings. The van der Waals surface area contributed by atoms with Crippen LogP contribution in [0.1, 0.15) is 21.5 Å². The summed E-state index contributed by atoms with van der Waals surface area (Å²) in [7, 11) is -3.53. The molecule has 0 fully saturated rings. The van der Waals surface area contributed by atoms with E-state index in [0.717, 1.165) is 21.9 Å². The highest BCUT2D eigenvalue weighted by atomic mass is 79.9. The van der Waals surface area contributed by atoms with Crippen LogP contribution in [0.3, 0.4) is 0 Å². The lowest BCUT2D eigenvalue weighted by Gasteiger charge is -2.22. The molecule has 0 aliphatic carbocycles. The zero-order chi connectivity index (χ0) is 22.4. The summed E-state index contributed by atoms with van der Waals surface area (Å²) in [6.45, 7) is 0.152. The molecule has 6 nitrogen and oxygen atoms in total. The predicted octanol–water partition coefficient (Wildman–Crippen LogP) is 4.83. The standard InChI is InChI=1S/C22H19BrClN3O3S/c1-31(29,30)27(15-17-4-10-20(24)11-5-17)21-12-6-18(7-13-21)22(28)26-25-14-16-2-8-19(23)9-3-16/h2-14H,15H2,1H3,(H,26,28)/b25-14-. The van der Waals surface area contributed by atoms with Crippen LogP contribution in [-0.2, 0) is 16.6 Å². The van der Waals surface area contributed by atoms with Gasteiger partial charge in [-0.1, -0.05) is 51.8 Å². The molecule has 0 heterocycles. The number of hydrogen-bond acceptors (Lipinski definition) is 4. The summed E-state index contributed by atoms with van der Waals surface area (Å²) < 4.78 is 26.9. The van der Waals surface area contributed by atoms with E-state index in [2.05, 4.69) is 26.5 Å². The maximum absolute atomic E-state index is 12.3. The van der Waals surface area contributed by atoms with E-state index >= 15 is 0 Å². The van der Waals surface area contributed by atoms with Gasteiger partial charge in [0.15, 0.2) is 0 Å². The van der Waals surface area contributed by atoms with Crippen LogP contribution in [0.5, 0.6) is 0 Å². The van der Waals surface area contributed by atoms with Crippen LogP contribution in [-0.4, -0.2) is 26.8 Å². The molecule has 3 aromatic rings. The van der Waals surface area contributed by atoms with Gasteiger partial charge in [-0.05, 0) is 59.7 Å². The summed E-state index contributed by atoms with van der Waals surface area (Å²) in [5, 5.41) is 4.53. The molecule has 3 aromatic carbocycles. The summed E-state index contributed by atoms with van der Waals surface area (Å²) in [5.74, 6) is -0.400. The van der Waals surface area contributed by atoms with Crippen LogP contribution >= 0.6 is 27.5 Å². The van der Waals surface area contributed by atoms with Crippen molar-refractivity contribution in [3.8, 4) is 0 Å². The number of hydrogen-bond donors (Lipinski definition) is 1. The molecule has 0 saturated heterocycles. The number of carbonyl (C=O) groups is 1. The van der Waals surface area contributed by atoms with Crippen molar-refractivity contribution in [2.45, 2.75) is 6.54 Å². The maximum Gasteiger partial charge on any atom is 0.271 e. The number of amides is 1. The van der Waals surface area contributed by atoms with Crippen LogP contribution in [0, 0.1) is 0 Å². The zero-order valence-corrected chi connectivity index (χ0v) is 19.7. The molecule has 31 heavy (non-hydrogen) atoms. The summed E-state index contributed by atoms with van der Waals surface area (Å²) in [6, 6.07) is 20.7. The fraction of sp³-hybridized carbons (Fsp3) is 0.0909. The molecular formula is C22H19BrClN3O3S. The summed E-state index contributed by atoms with van der Waals surface area (Å²) in [5.41, 5.74) is 4.90. The summed E-state index contributed by atoms with van der Waals surface area (Å²) in [6.07, 6.45) is 2.68. The summed E-state index contributed by atoms with van der Waals surface area (Å²) >= 11 is 9.25. The molecule has 0 saturated carbocycles. The fourth-order valence-corrected chi connectivity index (χ4v) is 3.99. The van der Waals surface area contributed by atoms with E-state index in [1.165, 1.54) is 10.5 Å². The van der Waals surface area contributed by atoms with Gasteiger partial charge in [0, 0.05) is 15.1 Å². The van der Waals surface area contributed by atoms with Gasteiger partial charge >= 0.3 is 0 Å². The number of benzene rings is 3. The number of rotatable bonds is 7. The molecule has 0 atom stereocenters. The van der Waals surface area contributed by atoms with E-state index in [0.29, 0.717) is 16.3 Å². The number of anilines is 1. The van der Waals surface area contributed by atoms with Gasteiger partial charge < -0.3 is 0 Å². The highest BCUT2D eigenvalue weighted by Gasteiger charge is 2.18. The Labute approximate surface area is 194 Å². The smallest absolute Gasteiger partial charge is 0.267 e. The topological polar surface area (TPSA) is 78.8 Å². The van der Waals surface area contributed by atoms with Gasteiger partial charge in [0.25, 0.3) is 5.91 Å². The first-order valence-corrected chi connectivity index (χ1v) is 12.2. The molecule has 0 bridgehead atoms. The number of nitrogens with zero attached hydrogens (tertiary/aromatic N) is 2. The zero-order valence-electron chi connectivity index (χ0n) is 16.5. The van der Waals surface area contributed by atoms with Crippen molar-refractivity contribution in [1.82, 2.24) is 5.43 Å². The van der Waals surface area contributed by atoms with Crippen molar-refractivity contribution >= 4 is 55.4 Å². The highest BCUT2D eigenvalue weighted by molar-refractivity contribution is 9.10. The van der Waals surface area contributed by atoms with Gasteiger partial charge in [0.05, 0.1) is 24.7 Å². The molecule has 0 aromatic heterocycles. The molecule has 3 rings (SSSR count). The number of carbonyl (C=O) groups excluding carboxylic acids is 1. The lowest BCUT2D eigenvalue weighted by Crippen LogP contribution is -2.29. The Bertz CT molecular complexity index is 1180. The van der Waals surface area contributed by atoms with Gasteiger partial charge in [-0.25, -0.2) is 13.8 Å². The Morgan fingerprint density at radius 2 is 1.65 bits per heavy atom. The first-order chi connectivity index (χ1) is 14.7. The first kappa shape index (κ1) is 23.0. The molecule has 1 amide bonds. The van der Waals surface area contributed by atoms with E-state index in [-0.39, 0.29) is 6.54 Å². The van der Waals surface area contributed by atoms with E-state index in [9.17, 15) is 13.2 Å². The lowest BCUT2D eigenvalue weighted by atomic mass is 10.2. The molecular weight excluding hydrogens is 502 g/mol. The van der Waals surface area contributed by atoms with Gasteiger partial charge in [-0.15, -0.1) is 0 Å². The van der Waals surface area contributed by atoms with Crippen molar-refractivity contribution in [2.24, 2.45) is 5.10 Å². The van der Waals surface area contributed by atoms with E-state index in [1.807, 2.05) is 24.3 Å². The van der Waals surface area contributed by atoms with Crippen molar-refractivity contribution in [2.75, 3.05) is 10.6 Å².